The fourth-order valence-corrected chi connectivity index (χ4v) is 2.21. The summed E-state index contributed by atoms with van der Waals surface area (Å²) in [7, 11) is 0. The van der Waals surface area contributed by atoms with Crippen LogP contribution in [0.25, 0.3) is 0 Å². The van der Waals surface area contributed by atoms with E-state index in [9.17, 15) is 9.18 Å². The highest BCUT2D eigenvalue weighted by molar-refractivity contribution is 9.10. The van der Waals surface area contributed by atoms with Crippen molar-refractivity contribution >= 4 is 21.7 Å². The van der Waals surface area contributed by atoms with Crippen molar-refractivity contribution in [3.63, 3.8) is 0 Å². The minimum atomic E-state index is -0.363. The monoisotopic (exact) mass is 350 g/mol. The van der Waals surface area contributed by atoms with E-state index >= 15 is 0 Å². The van der Waals surface area contributed by atoms with Crippen LogP contribution in [0.3, 0.4) is 0 Å². The van der Waals surface area contributed by atoms with E-state index in [1.54, 1.807) is 0 Å². The third-order valence-corrected chi connectivity index (χ3v) is 3.77. The van der Waals surface area contributed by atoms with E-state index in [0.29, 0.717) is 21.7 Å². The Morgan fingerprint density at radius 3 is 2.43 bits per heavy atom. The molecule has 0 fully saturated rings. The van der Waals surface area contributed by atoms with Gasteiger partial charge in [0.2, 0.25) is 0 Å². The lowest BCUT2D eigenvalue weighted by Crippen LogP contribution is -2.11. The molecule has 0 radical (unpaired) electrons. The van der Waals surface area contributed by atoms with Crippen LogP contribution in [0.15, 0.2) is 46.9 Å². The number of carbonyl (C=O) groups excluding carboxylic acids is 1. The average Bonchev–Trinajstić information content (AvgIpc) is 2.48. The Bertz CT molecular complexity index is 636. The molecule has 2 aromatic carbocycles. The van der Waals surface area contributed by atoms with Gasteiger partial charge < -0.3 is 4.74 Å². The van der Waals surface area contributed by atoms with Crippen LogP contribution in [-0.4, -0.2) is 12.4 Å². The van der Waals surface area contributed by atoms with Gasteiger partial charge in [-0.05, 0) is 45.6 Å². The smallest absolute Gasteiger partial charge is 0.200 e. The fourth-order valence-electron chi connectivity index (χ4n) is 1.85. The maximum absolute atomic E-state index is 13.1. The molecule has 0 unspecified atom stereocenters. The van der Waals surface area contributed by atoms with Crippen molar-refractivity contribution < 1.29 is 13.9 Å². The molecule has 0 aliphatic rings. The normalized spacial score (nSPS) is 10.7. The lowest BCUT2D eigenvalue weighted by atomic mass is 10.0. The van der Waals surface area contributed by atoms with Crippen LogP contribution in [0, 0.1) is 5.82 Å². The molecule has 21 heavy (non-hydrogen) atoms. The van der Waals surface area contributed by atoms with Crippen molar-refractivity contribution in [3.05, 3.63) is 63.9 Å². The number of hydrogen-bond acceptors (Lipinski definition) is 2. The zero-order chi connectivity index (χ0) is 15.4. The lowest BCUT2D eigenvalue weighted by molar-refractivity contribution is 0.0921. The largest absolute Gasteiger partial charge is 0.485 e. The molecule has 0 saturated carbocycles. The number of hydrogen-bond donors (Lipinski definition) is 0. The van der Waals surface area contributed by atoms with E-state index in [-0.39, 0.29) is 18.2 Å². The summed E-state index contributed by atoms with van der Waals surface area (Å²) in [5.74, 6) is 0.418. The highest BCUT2D eigenvalue weighted by atomic mass is 79.9. The van der Waals surface area contributed by atoms with Gasteiger partial charge in [-0.1, -0.05) is 38.1 Å². The third-order valence-electron chi connectivity index (χ3n) is 3.16. The Morgan fingerprint density at radius 1 is 1.19 bits per heavy atom. The minimum Gasteiger partial charge on any atom is -0.485 e. The van der Waals surface area contributed by atoms with Crippen molar-refractivity contribution in [3.8, 4) is 5.75 Å². The molecule has 0 aromatic heterocycles. The molecule has 0 aliphatic heterocycles. The molecule has 0 N–H and O–H groups in total. The SMILES string of the molecule is CC(C)c1ccc(C(=O)COc2ccc(F)c(Br)c2)cc1. The van der Waals surface area contributed by atoms with Gasteiger partial charge in [0.25, 0.3) is 0 Å². The van der Waals surface area contributed by atoms with Crippen molar-refractivity contribution in [2.24, 2.45) is 0 Å². The third kappa shape index (κ3) is 4.14. The Morgan fingerprint density at radius 2 is 1.86 bits per heavy atom. The first-order valence-corrected chi connectivity index (χ1v) is 7.47. The van der Waals surface area contributed by atoms with Crippen LogP contribution in [0.2, 0.25) is 0 Å². The van der Waals surface area contributed by atoms with Crippen molar-refractivity contribution in [2.75, 3.05) is 6.61 Å². The maximum atomic E-state index is 13.1. The van der Waals surface area contributed by atoms with Gasteiger partial charge in [0.1, 0.15) is 11.6 Å². The van der Waals surface area contributed by atoms with Crippen LogP contribution in [-0.2, 0) is 0 Å². The first-order chi connectivity index (χ1) is 9.97. The van der Waals surface area contributed by atoms with Gasteiger partial charge in [0, 0.05) is 5.56 Å². The lowest BCUT2D eigenvalue weighted by Gasteiger charge is -2.08. The van der Waals surface area contributed by atoms with E-state index in [1.165, 1.54) is 23.8 Å². The summed E-state index contributed by atoms with van der Waals surface area (Å²) < 4.78 is 18.8. The molecule has 0 amide bonds. The highest BCUT2D eigenvalue weighted by Gasteiger charge is 2.09. The Balaban J connectivity index is 1.99. The van der Waals surface area contributed by atoms with E-state index < -0.39 is 0 Å². The van der Waals surface area contributed by atoms with Crippen LogP contribution in [0.4, 0.5) is 4.39 Å². The number of ketones is 1. The van der Waals surface area contributed by atoms with Gasteiger partial charge in [-0.3, -0.25) is 4.79 Å². The van der Waals surface area contributed by atoms with E-state index in [0.717, 1.165) is 0 Å². The molecule has 2 nitrogen and oxygen atoms in total. The van der Waals surface area contributed by atoms with Crippen molar-refractivity contribution in [1.29, 1.82) is 0 Å². The molecule has 0 bridgehead atoms. The van der Waals surface area contributed by atoms with Crippen molar-refractivity contribution in [1.82, 2.24) is 0 Å². The van der Waals surface area contributed by atoms with Gasteiger partial charge in [-0.25, -0.2) is 4.39 Å². The molecular formula is C17H16BrFO2. The average molecular weight is 351 g/mol. The number of rotatable bonds is 5. The van der Waals surface area contributed by atoms with Gasteiger partial charge >= 0.3 is 0 Å². The summed E-state index contributed by atoms with van der Waals surface area (Å²) >= 11 is 3.08. The second-order valence-electron chi connectivity index (χ2n) is 5.06. The molecule has 2 rings (SSSR count). The van der Waals surface area contributed by atoms with Crippen molar-refractivity contribution in [2.45, 2.75) is 19.8 Å². The summed E-state index contributed by atoms with van der Waals surface area (Å²) in [6.07, 6.45) is 0. The maximum Gasteiger partial charge on any atom is 0.200 e. The predicted molar refractivity (Wildman–Crippen MR) is 84.5 cm³/mol. The molecule has 0 spiro atoms. The summed E-state index contributed by atoms with van der Waals surface area (Å²) in [4.78, 5) is 12.0. The summed E-state index contributed by atoms with van der Waals surface area (Å²) in [6, 6.07) is 11.8. The van der Waals surface area contributed by atoms with Crippen LogP contribution >= 0.6 is 15.9 Å². The number of ether oxygens (including phenoxy) is 1. The quantitative estimate of drug-likeness (QED) is 0.711. The van der Waals surface area contributed by atoms with E-state index in [4.69, 9.17) is 4.74 Å². The van der Waals surface area contributed by atoms with Gasteiger partial charge in [-0.2, -0.15) is 0 Å². The second kappa shape index (κ2) is 6.85. The molecule has 4 heteroatoms. The molecule has 0 atom stereocenters. The first-order valence-electron chi connectivity index (χ1n) is 6.68. The summed E-state index contributed by atoms with van der Waals surface area (Å²) in [6.45, 7) is 4.14. The first kappa shape index (κ1) is 15.7. The molecular weight excluding hydrogens is 335 g/mol. The zero-order valence-corrected chi connectivity index (χ0v) is 13.5. The van der Waals surface area contributed by atoms with Gasteiger partial charge in [0.15, 0.2) is 12.4 Å². The predicted octanol–water partition coefficient (Wildman–Crippen LogP) is 4.97. The number of benzene rings is 2. The molecule has 2 aromatic rings. The molecule has 0 saturated heterocycles. The number of halogens is 2. The Kier molecular flexibility index (Phi) is 5.12. The zero-order valence-electron chi connectivity index (χ0n) is 11.9. The second-order valence-corrected chi connectivity index (χ2v) is 5.92. The minimum absolute atomic E-state index is 0.0703. The van der Waals surface area contributed by atoms with E-state index in [1.807, 2.05) is 24.3 Å². The fraction of sp³-hybridized carbons (Fsp3) is 0.235. The topological polar surface area (TPSA) is 26.3 Å². The molecule has 110 valence electrons. The standard InChI is InChI=1S/C17H16BrFO2/c1-11(2)12-3-5-13(6-4-12)17(20)10-21-14-7-8-16(19)15(18)9-14/h3-9,11H,10H2,1-2H3. The summed E-state index contributed by atoms with van der Waals surface area (Å²) in [5, 5.41) is 0. The van der Waals surface area contributed by atoms with Crippen LogP contribution in [0.5, 0.6) is 5.75 Å². The van der Waals surface area contributed by atoms with Crippen LogP contribution < -0.4 is 4.74 Å². The Hall–Kier alpha value is -1.68. The molecule has 0 heterocycles. The summed E-state index contributed by atoms with van der Waals surface area (Å²) in [5.41, 5.74) is 1.80. The Labute approximate surface area is 132 Å². The van der Waals surface area contributed by atoms with Crippen LogP contribution in [0.1, 0.15) is 35.7 Å². The number of Topliss-reactive ketones (excluding diaryl/α,β-unsaturated/α-hetero) is 1. The van der Waals surface area contributed by atoms with Gasteiger partial charge in [0.05, 0.1) is 4.47 Å². The molecule has 0 aliphatic carbocycles. The number of carbonyl (C=O) groups is 1. The van der Waals surface area contributed by atoms with Gasteiger partial charge in [-0.15, -0.1) is 0 Å². The highest BCUT2D eigenvalue weighted by Crippen LogP contribution is 2.22. The van der Waals surface area contributed by atoms with E-state index in [2.05, 4.69) is 29.8 Å².